The predicted molar refractivity (Wildman–Crippen MR) is 121 cm³/mol. The van der Waals surface area contributed by atoms with Gasteiger partial charge in [0.25, 0.3) is 5.69 Å². The van der Waals surface area contributed by atoms with Crippen LogP contribution in [0.2, 0.25) is 10.0 Å². The van der Waals surface area contributed by atoms with Crippen LogP contribution in [0, 0.1) is 10.1 Å². The molecule has 0 aromatic heterocycles. The molecule has 2 aromatic carbocycles. The molecule has 0 radical (unpaired) electrons. The third kappa shape index (κ3) is 5.74. The van der Waals surface area contributed by atoms with Crippen molar-refractivity contribution in [1.82, 2.24) is 9.80 Å². The number of methoxy groups -OCH3 is 1. The fourth-order valence-corrected chi connectivity index (χ4v) is 4.02. The second-order valence-corrected chi connectivity index (χ2v) is 8.07. The van der Waals surface area contributed by atoms with Gasteiger partial charge in [0.1, 0.15) is 11.7 Å². The molecule has 0 spiro atoms. The largest absolute Gasteiger partial charge is 0.468 e. The zero-order valence-corrected chi connectivity index (χ0v) is 18.8. The third-order valence-electron chi connectivity index (χ3n) is 5.19. The van der Waals surface area contributed by atoms with E-state index in [0.29, 0.717) is 36.8 Å². The molecule has 0 bridgehead atoms. The summed E-state index contributed by atoms with van der Waals surface area (Å²) in [4.78, 5) is 39.4. The molecular weight excluding hydrogens is 459 g/mol. The lowest BCUT2D eigenvalue weighted by atomic mass is 10.0. The number of hydrogen-bond donors (Lipinski definition) is 1. The number of halogens is 2. The van der Waals surface area contributed by atoms with Gasteiger partial charge in [0.15, 0.2) is 0 Å². The van der Waals surface area contributed by atoms with E-state index >= 15 is 0 Å². The summed E-state index contributed by atoms with van der Waals surface area (Å²) in [5, 5.41) is 14.5. The van der Waals surface area contributed by atoms with Crippen LogP contribution in [0.15, 0.2) is 42.5 Å². The zero-order valence-electron chi connectivity index (χ0n) is 17.3. The van der Waals surface area contributed by atoms with Crippen LogP contribution in [0.25, 0.3) is 0 Å². The number of benzene rings is 2. The number of piperazine rings is 1. The van der Waals surface area contributed by atoms with Crippen molar-refractivity contribution in [2.75, 3.05) is 45.2 Å². The van der Waals surface area contributed by atoms with Gasteiger partial charge >= 0.3 is 5.97 Å². The summed E-state index contributed by atoms with van der Waals surface area (Å²) in [7, 11) is 1.34. The highest BCUT2D eigenvalue weighted by Crippen LogP contribution is 2.30. The molecule has 32 heavy (non-hydrogen) atoms. The van der Waals surface area contributed by atoms with Gasteiger partial charge in [-0.25, -0.2) is 4.79 Å². The Kier molecular flexibility index (Phi) is 8.03. The first kappa shape index (κ1) is 23.9. The van der Waals surface area contributed by atoms with E-state index in [4.69, 9.17) is 27.9 Å². The predicted octanol–water partition coefficient (Wildman–Crippen LogP) is 3.37. The van der Waals surface area contributed by atoms with Gasteiger partial charge in [-0.15, -0.1) is 0 Å². The van der Waals surface area contributed by atoms with Gasteiger partial charge in [0.2, 0.25) is 5.91 Å². The van der Waals surface area contributed by atoms with E-state index in [-0.39, 0.29) is 28.8 Å². The Hall–Kier alpha value is -2.72. The SMILES string of the molecule is COC(=O)C(c1ccccc1Cl)N1CCN(CC(=O)Nc2ccc(Cl)cc2[N+](=O)[O-])CC1. The summed E-state index contributed by atoms with van der Waals surface area (Å²) in [5.41, 5.74) is 0.492. The number of ether oxygens (including phenoxy) is 1. The van der Waals surface area contributed by atoms with Crippen LogP contribution in [-0.4, -0.2) is 66.4 Å². The minimum Gasteiger partial charge on any atom is -0.468 e. The lowest BCUT2D eigenvalue weighted by Gasteiger charge is -2.38. The van der Waals surface area contributed by atoms with Crippen molar-refractivity contribution in [2.45, 2.75) is 6.04 Å². The molecule has 1 N–H and O–H groups in total. The number of carbonyl (C=O) groups excluding carboxylic acids is 2. The molecule has 0 saturated carbocycles. The van der Waals surface area contributed by atoms with Gasteiger partial charge in [0, 0.05) is 42.3 Å². The van der Waals surface area contributed by atoms with Crippen molar-refractivity contribution in [1.29, 1.82) is 0 Å². The fraction of sp³-hybridized carbons (Fsp3) is 0.333. The Balaban J connectivity index is 1.62. The molecule has 11 heteroatoms. The molecule has 1 aliphatic rings. The normalized spacial score (nSPS) is 15.7. The first-order chi connectivity index (χ1) is 15.3. The maximum atomic E-state index is 12.5. The maximum Gasteiger partial charge on any atom is 0.327 e. The van der Waals surface area contributed by atoms with Crippen molar-refractivity contribution >= 4 is 46.5 Å². The third-order valence-corrected chi connectivity index (χ3v) is 5.77. The lowest BCUT2D eigenvalue weighted by molar-refractivity contribution is -0.383. The summed E-state index contributed by atoms with van der Waals surface area (Å²) >= 11 is 12.1. The van der Waals surface area contributed by atoms with E-state index < -0.39 is 16.9 Å². The Morgan fingerprint density at radius 3 is 2.47 bits per heavy atom. The van der Waals surface area contributed by atoms with Crippen molar-refractivity contribution in [3.05, 3.63) is 68.2 Å². The highest BCUT2D eigenvalue weighted by Gasteiger charge is 2.33. The molecule has 3 rings (SSSR count). The van der Waals surface area contributed by atoms with Crippen LogP contribution in [0.1, 0.15) is 11.6 Å². The lowest BCUT2D eigenvalue weighted by Crippen LogP contribution is -2.51. The molecule has 1 fully saturated rings. The highest BCUT2D eigenvalue weighted by molar-refractivity contribution is 6.31. The number of amides is 1. The average Bonchev–Trinajstić information content (AvgIpc) is 2.77. The van der Waals surface area contributed by atoms with E-state index in [1.807, 2.05) is 15.9 Å². The maximum absolute atomic E-state index is 12.5. The number of carbonyl (C=O) groups is 2. The minimum atomic E-state index is -0.638. The summed E-state index contributed by atoms with van der Waals surface area (Å²) in [5.74, 6) is -0.779. The number of hydrogen-bond acceptors (Lipinski definition) is 7. The number of nitro groups is 1. The summed E-state index contributed by atoms with van der Waals surface area (Å²) < 4.78 is 4.99. The van der Waals surface area contributed by atoms with Crippen LogP contribution in [0.5, 0.6) is 0 Å². The second-order valence-electron chi connectivity index (χ2n) is 7.23. The van der Waals surface area contributed by atoms with E-state index in [0.717, 1.165) is 0 Å². The molecule has 1 heterocycles. The number of anilines is 1. The molecule has 1 unspecified atom stereocenters. The van der Waals surface area contributed by atoms with Crippen molar-refractivity contribution in [3.8, 4) is 0 Å². The molecule has 0 aliphatic carbocycles. The topological polar surface area (TPSA) is 105 Å². The standard InChI is InChI=1S/C21H22Cl2N4O5/c1-32-21(29)20(15-4-2-3-5-16(15)23)26-10-8-25(9-11-26)13-19(28)24-17-7-6-14(22)12-18(17)27(30)31/h2-7,12,20H,8-11,13H2,1H3,(H,24,28). The first-order valence-corrected chi connectivity index (χ1v) is 10.6. The van der Waals surface area contributed by atoms with Crippen molar-refractivity contribution in [3.63, 3.8) is 0 Å². The molecule has 2 aromatic rings. The number of esters is 1. The minimum absolute atomic E-state index is 0.0581. The Morgan fingerprint density at radius 2 is 1.84 bits per heavy atom. The average molecular weight is 481 g/mol. The quantitative estimate of drug-likeness (QED) is 0.367. The van der Waals surface area contributed by atoms with Gasteiger partial charge in [-0.3, -0.25) is 24.7 Å². The molecular formula is C21H22Cl2N4O5. The molecule has 1 saturated heterocycles. The Morgan fingerprint density at radius 1 is 1.16 bits per heavy atom. The summed E-state index contributed by atoms with van der Waals surface area (Å²) in [6.45, 7) is 2.13. The van der Waals surface area contributed by atoms with Gasteiger partial charge in [0.05, 0.1) is 18.6 Å². The Labute approximate surface area is 195 Å². The highest BCUT2D eigenvalue weighted by atomic mass is 35.5. The molecule has 170 valence electrons. The van der Waals surface area contributed by atoms with Crippen LogP contribution in [-0.2, 0) is 14.3 Å². The molecule has 1 amide bonds. The van der Waals surface area contributed by atoms with Crippen LogP contribution >= 0.6 is 23.2 Å². The monoisotopic (exact) mass is 480 g/mol. The number of nitro benzene ring substituents is 1. The van der Waals surface area contributed by atoms with Crippen molar-refractivity contribution < 1.29 is 19.2 Å². The van der Waals surface area contributed by atoms with Crippen LogP contribution in [0.3, 0.4) is 0 Å². The van der Waals surface area contributed by atoms with E-state index in [2.05, 4.69) is 5.32 Å². The summed E-state index contributed by atoms with van der Waals surface area (Å²) in [6, 6.07) is 10.6. The van der Waals surface area contributed by atoms with Gasteiger partial charge in [-0.2, -0.15) is 0 Å². The van der Waals surface area contributed by atoms with Crippen LogP contribution in [0.4, 0.5) is 11.4 Å². The number of rotatable bonds is 7. The van der Waals surface area contributed by atoms with E-state index in [9.17, 15) is 19.7 Å². The number of nitrogens with zero attached hydrogens (tertiary/aromatic N) is 3. The summed E-state index contributed by atoms with van der Waals surface area (Å²) in [6.07, 6.45) is 0. The Bertz CT molecular complexity index is 1010. The van der Waals surface area contributed by atoms with E-state index in [1.54, 1.807) is 18.2 Å². The molecule has 1 aliphatic heterocycles. The fourth-order valence-electron chi connectivity index (χ4n) is 3.62. The van der Waals surface area contributed by atoms with Gasteiger partial charge in [-0.05, 0) is 23.8 Å². The second kappa shape index (κ2) is 10.7. The smallest absolute Gasteiger partial charge is 0.327 e. The van der Waals surface area contributed by atoms with Gasteiger partial charge in [-0.1, -0.05) is 41.4 Å². The van der Waals surface area contributed by atoms with E-state index in [1.165, 1.54) is 25.3 Å². The first-order valence-electron chi connectivity index (χ1n) is 9.82. The van der Waals surface area contributed by atoms with Crippen LogP contribution < -0.4 is 5.32 Å². The number of nitrogens with one attached hydrogen (secondary N) is 1. The van der Waals surface area contributed by atoms with Gasteiger partial charge < -0.3 is 10.1 Å². The van der Waals surface area contributed by atoms with Crippen molar-refractivity contribution in [2.24, 2.45) is 0 Å². The zero-order chi connectivity index (χ0) is 23.3. The molecule has 1 atom stereocenters. The molecule has 9 nitrogen and oxygen atoms in total.